The minimum absolute atomic E-state index is 0.122. The van der Waals surface area contributed by atoms with Crippen LogP contribution in [0.5, 0.6) is 11.5 Å². The van der Waals surface area contributed by atoms with E-state index in [0.717, 1.165) is 0 Å². The summed E-state index contributed by atoms with van der Waals surface area (Å²) in [6.45, 7) is 5.69. The van der Waals surface area contributed by atoms with Crippen molar-refractivity contribution in [2.24, 2.45) is 0 Å². The Morgan fingerprint density at radius 1 is 0.969 bits per heavy atom. The number of hydrogen-bond donors (Lipinski definition) is 0. The van der Waals surface area contributed by atoms with Gasteiger partial charge < -0.3 is 14.4 Å². The molecule has 10 heteroatoms. The van der Waals surface area contributed by atoms with E-state index >= 15 is 0 Å². The lowest BCUT2D eigenvalue weighted by Crippen LogP contribution is -2.57. The second kappa shape index (κ2) is 9.53. The molecule has 9 nitrogen and oxygen atoms in total. The Balaban J connectivity index is 1.34. The van der Waals surface area contributed by atoms with Gasteiger partial charge in [-0.15, -0.1) is 0 Å². The van der Waals surface area contributed by atoms with Gasteiger partial charge in [0.2, 0.25) is 0 Å². The first-order valence-corrected chi connectivity index (χ1v) is 12.1. The maximum absolute atomic E-state index is 13.0. The first kappa shape index (κ1) is 22.7. The third-order valence-electron chi connectivity index (χ3n) is 5.54. The molecule has 172 valence electrons. The van der Waals surface area contributed by atoms with E-state index < -0.39 is 10.2 Å². The molecule has 0 saturated carbocycles. The molecule has 2 unspecified atom stereocenters. The van der Waals surface area contributed by atoms with Gasteiger partial charge in [-0.2, -0.15) is 17.0 Å². The number of rotatable bonds is 5. The molecular formula is C22H28N4O5S. The molecule has 0 aliphatic carbocycles. The van der Waals surface area contributed by atoms with Gasteiger partial charge in [-0.3, -0.25) is 9.78 Å². The smallest absolute Gasteiger partial charge is 0.282 e. The van der Waals surface area contributed by atoms with Crippen molar-refractivity contribution in [1.82, 2.24) is 18.5 Å². The predicted octanol–water partition coefficient (Wildman–Crippen LogP) is 1.99. The number of amides is 1. The number of benzene rings is 1. The van der Waals surface area contributed by atoms with Crippen LogP contribution >= 0.6 is 0 Å². The van der Waals surface area contributed by atoms with Crippen molar-refractivity contribution in [2.45, 2.75) is 26.1 Å². The Kier molecular flexibility index (Phi) is 6.75. The highest BCUT2D eigenvalue weighted by atomic mass is 32.2. The van der Waals surface area contributed by atoms with Gasteiger partial charge in [0.15, 0.2) is 0 Å². The number of morpholine rings is 1. The minimum Gasteiger partial charge on any atom is -0.456 e. The molecule has 0 radical (unpaired) electrons. The van der Waals surface area contributed by atoms with Crippen molar-refractivity contribution < 1.29 is 22.7 Å². The van der Waals surface area contributed by atoms with Gasteiger partial charge in [-0.1, -0.05) is 0 Å². The monoisotopic (exact) mass is 460 g/mol. The van der Waals surface area contributed by atoms with Crippen LogP contribution in [-0.4, -0.2) is 84.3 Å². The highest BCUT2D eigenvalue weighted by molar-refractivity contribution is 7.86. The Morgan fingerprint density at radius 3 is 2.22 bits per heavy atom. The van der Waals surface area contributed by atoms with E-state index in [1.807, 2.05) is 13.8 Å². The predicted molar refractivity (Wildman–Crippen MR) is 119 cm³/mol. The van der Waals surface area contributed by atoms with Gasteiger partial charge in [0.05, 0.1) is 18.4 Å². The number of carbonyl (C=O) groups excluding carboxylic acids is 1. The summed E-state index contributed by atoms with van der Waals surface area (Å²) >= 11 is 0. The van der Waals surface area contributed by atoms with Crippen LogP contribution in [0.1, 0.15) is 24.2 Å². The van der Waals surface area contributed by atoms with Crippen LogP contribution in [0.3, 0.4) is 0 Å². The molecule has 1 amide bonds. The van der Waals surface area contributed by atoms with E-state index in [1.54, 1.807) is 53.7 Å². The molecule has 1 aromatic heterocycles. The average molecular weight is 461 g/mol. The average Bonchev–Trinajstić information content (AvgIpc) is 2.79. The van der Waals surface area contributed by atoms with Gasteiger partial charge in [0.1, 0.15) is 11.5 Å². The Bertz CT molecular complexity index is 1010. The number of aromatic nitrogens is 1. The van der Waals surface area contributed by atoms with Crippen LogP contribution in [-0.2, 0) is 14.9 Å². The van der Waals surface area contributed by atoms with Crippen LogP contribution in [0.25, 0.3) is 0 Å². The maximum Gasteiger partial charge on any atom is 0.282 e. The van der Waals surface area contributed by atoms with E-state index in [0.29, 0.717) is 43.2 Å². The maximum atomic E-state index is 13.0. The van der Waals surface area contributed by atoms with Crippen molar-refractivity contribution >= 4 is 16.1 Å². The number of nitrogens with zero attached hydrogens (tertiary/aromatic N) is 4. The summed E-state index contributed by atoms with van der Waals surface area (Å²) in [5, 5.41) is 0. The number of piperazine rings is 1. The summed E-state index contributed by atoms with van der Waals surface area (Å²) < 4.78 is 40.4. The van der Waals surface area contributed by atoms with Crippen molar-refractivity contribution in [3.8, 4) is 11.5 Å². The molecule has 0 spiro atoms. The van der Waals surface area contributed by atoms with Gasteiger partial charge in [0.25, 0.3) is 16.1 Å². The van der Waals surface area contributed by atoms with Gasteiger partial charge >= 0.3 is 0 Å². The highest BCUT2D eigenvalue weighted by Crippen LogP contribution is 2.22. The molecule has 2 aliphatic rings. The Labute approximate surface area is 188 Å². The third-order valence-corrected chi connectivity index (χ3v) is 7.50. The Hall–Kier alpha value is -2.53. The quantitative estimate of drug-likeness (QED) is 0.678. The lowest BCUT2D eigenvalue weighted by molar-refractivity contribution is -0.0457. The van der Waals surface area contributed by atoms with Gasteiger partial charge in [-0.25, -0.2) is 0 Å². The largest absolute Gasteiger partial charge is 0.456 e. The van der Waals surface area contributed by atoms with Crippen molar-refractivity contribution in [1.29, 1.82) is 0 Å². The number of ether oxygens (including phenoxy) is 2. The van der Waals surface area contributed by atoms with E-state index in [1.165, 1.54) is 8.61 Å². The molecule has 0 bridgehead atoms. The first-order chi connectivity index (χ1) is 15.3. The number of pyridine rings is 1. The second-order valence-electron chi connectivity index (χ2n) is 8.09. The summed E-state index contributed by atoms with van der Waals surface area (Å²) in [6.07, 6.45) is 3.01. The molecule has 2 atom stereocenters. The standard InChI is InChI=1S/C22H28N4O5S/c1-17-15-26(16-18(2)30-17)32(28,29)25-12-10-24(11-13-25)22(27)19-5-7-20(8-6-19)31-21-4-3-9-23-14-21/h3-9,14,17-18H,10-13,15-16H2,1-2H3. The summed E-state index contributed by atoms with van der Waals surface area (Å²) in [5.74, 6) is 1.11. The molecule has 2 aromatic rings. The van der Waals surface area contributed by atoms with Crippen LogP contribution in [0, 0.1) is 0 Å². The summed E-state index contributed by atoms with van der Waals surface area (Å²) in [4.78, 5) is 18.6. The molecule has 32 heavy (non-hydrogen) atoms. The molecule has 2 fully saturated rings. The molecule has 2 saturated heterocycles. The van der Waals surface area contributed by atoms with Crippen LogP contribution in [0.2, 0.25) is 0 Å². The van der Waals surface area contributed by atoms with E-state index in [2.05, 4.69) is 4.98 Å². The van der Waals surface area contributed by atoms with Crippen LogP contribution in [0.15, 0.2) is 48.8 Å². The second-order valence-corrected chi connectivity index (χ2v) is 10.0. The first-order valence-electron chi connectivity index (χ1n) is 10.7. The molecule has 4 rings (SSSR count). The van der Waals surface area contributed by atoms with Crippen molar-refractivity contribution in [3.63, 3.8) is 0 Å². The number of hydrogen-bond acceptors (Lipinski definition) is 6. The summed E-state index contributed by atoms with van der Waals surface area (Å²) in [7, 11) is -3.57. The van der Waals surface area contributed by atoms with Gasteiger partial charge in [-0.05, 0) is 50.2 Å². The fourth-order valence-electron chi connectivity index (χ4n) is 4.00. The van der Waals surface area contributed by atoms with Crippen LogP contribution in [0.4, 0.5) is 0 Å². The SMILES string of the molecule is CC1CN(S(=O)(=O)N2CCN(C(=O)c3ccc(Oc4cccnc4)cc3)CC2)CC(C)O1. The zero-order chi connectivity index (χ0) is 22.7. The van der Waals surface area contributed by atoms with E-state index in [-0.39, 0.29) is 31.2 Å². The third kappa shape index (κ3) is 5.09. The number of carbonyl (C=O) groups is 1. The lowest BCUT2D eigenvalue weighted by atomic mass is 10.2. The summed E-state index contributed by atoms with van der Waals surface area (Å²) in [6, 6.07) is 10.5. The van der Waals surface area contributed by atoms with Crippen molar-refractivity contribution in [2.75, 3.05) is 39.3 Å². The van der Waals surface area contributed by atoms with Crippen LogP contribution < -0.4 is 4.74 Å². The molecule has 3 heterocycles. The van der Waals surface area contributed by atoms with E-state index in [9.17, 15) is 13.2 Å². The Morgan fingerprint density at radius 2 is 1.62 bits per heavy atom. The topological polar surface area (TPSA) is 92.3 Å². The molecular weight excluding hydrogens is 432 g/mol. The highest BCUT2D eigenvalue weighted by Gasteiger charge is 2.37. The molecule has 1 aromatic carbocycles. The summed E-state index contributed by atoms with van der Waals surface area (Å²) in [5.41, 5.74) is 0.538. The lowest BCUT2D eigenvalue weighted by Gasteiger charge is -2.40. The van der Waals surface area contributed by atoms with Gasteiger partial charge in [0, 0.05) is 51.0 Å². The fraction of sp³-hybridized carbons (Fsp3) is 0.455. The fourth-order valence-corrected chi connectivity index (χ4v) is 5.74. The molecule has 2 aliphatic heterocycles. The zero-order valence-corrected chi connectivity index (χ0v) is 19.1. The van der Waals surface area contributed by atoms with E-state index in [4.69, 9.17) is 9.47 Å². The minimum atomic E-state index is -3.57. The van der Waals surface area contributed by atoms with Crippen molar-refractivity contribution in [3.05, 3.63) is 54.4 Å². The normalized spacial score (nSPS) is 23.1. The zero-order valence-electron chi connectivity index (χ0n) is 18.3. The molecule has 0 N–H and O–H groups in total.